The summed E-state index contributed by atoms with van der Waals surface area (Å²) in [6, 6.07) is 0. The van der Waals surface area contributed by atoms with Crippen LogP contribution in [-0.4, -0.2) is 27.0 Å². The van der Waals surface area contributed by atoms with Crippen molar-refractivity contribution in [1.29, 1.82) is 0 Å². The molecule has 5 nitrogen and oxygen atoms in total. The van der Waals surface area contributed by atoms with Crippen LogP contribution >= 0.6 is 11.5 Å². The number of aliphatic carboxylic acids is 1. The Morgan fingerprint density at radius 2 is 2.21 bits per heavy atom. The summed E-state index contributed by atoms with van der Waals surface area (Å²) in [5, 5.41) is 7.73. The number of halogens is 3. The third kappa shape index (κ3) is 2.83. The summed E-state index contributed by atoms with van der Waals surface area (Å²) in [6.45, 7) is -0.744. The molecule has 1 aromatic heterocycles. The maximum absolute atomic E-state index is 11.9. The van der Waals surface area contributed by atoms with Crippen LogP contribution in [0.1, 0.15) is 5.82 Å². The standard InChI is InChI=1S/C5H3F3N2O3S/c6-5(7,8)3-9-4(14-10-3)13-1-2(11)12/h1H2,(H,11,12). The van der Waals surface area contributed by atoms with Crippen molar-refractivity contribution in [3.8, 4) is 5.19 Å². The van der Waals surface area contributed by atoms with E-state index in [0.29, 0.717) is 11.5 Å². The molecule has 0 aliphatic carbocycles. The van der Waals surface area contributed by atoms with Gasteiger partial charge in [-0.2, -0.15) is 22.5 Å². The molecule has 0 amide bonds. The molecule has 0 bridgehead atoms. The minimum absolute atomic E-state index is 0.352. The van der Waals surface area contributed by atoms with Crippen LogP contribution in [0.2, 0.25) is 0 Å². The average Bonchev–Trinajstić information content (AvgIpc) is 2.47. The maximum atomic E-state index is 11.9. The van der Waals surface area contributed by atoms with Crippen molar-refractivity contribution >= 4 is 17.5 Å². The highest BCUT2D eigenvalue weighted by Crippen LogP contribution is 2.29. The molecule has 0 spiro atoms. The second-order valence-corrected chi connectivity index (χ2v) is 2.78. The first-order chi connectivity index (χ1) is 6.39. The number of carboxylic acid groups (broad SMARTS) is 1. The Bertz CT molecular complexity index is 337. The minimum Gasteiger partial charge on any atom is -0.479 e. The zero-order valence-electron chi connectivity index (χ0n) is 6.41. The molecule has 0 unspecified atom stereocenters. The van der Waals surface area contributed by atoms with Gasteiger partial charge in [-0.25, -0.2) is 4.79 Å². The number of carboxylic acids is 1. The fraction of sp³-hybridized carbons (Fsp3) is 0.400. The zero-order chi connectivity index (χ0) is 10.8. The van der Waals surface area contributed by atoms with Crippen molar-refractivity contribution in [1.82, 2.24) is 9.36 Å². The number of hydrogen-bond acceptors (Lipinski definition) is 5. The van der Waals surface area contributed by atoms with Gasteiger partial charge in [-0.15, -0.1) is 0 Å². The van der Waals surface area contributed by atoms with Crippen molar-refractivity contribution < 1.29 is 27.8 Å². The summed E-state index contributed by atoms with van der Waals surface area (Å²) in [6.07, 6.45) is -4.64. The third-order valence-corrected chi connectivity index (χ3v) is 1.61. The van der Waals surface area contributed by atoms with Gasteiger partial charge in [0, 0.05) is 11.5 Å². The van der Waals surface area contributed by atoms with Gasteiger partial charge in [-0.1, -0.05) is 0 Å². The number of alkyl halides is 3. The third-order valence-electron chi connectivity index (χ3n) is 0.980. The van der Waals surface area contributed by atoms with Gasteiger partial charge in [-0.3, -0.25) is 0 Å². The fourth-order valence-corrected chi connectivity index (χ4v) is 1.05. The number of nitrogens with zero attached hydrogens (tertiary/aromatic N) is 2. The van der Waals surface area contributed by atoms with E-state index in [9.17, 15) is 18.0 Å². The lowest BCUT2D eigenvalue weighted by Crippen LogP contribution is -2.10. The van der Waals surface area contributed by atoms with Crippen LogP contribution in [0.3, 0.4) is 0 Å². The van der Waals surface area contributed by atoms with Crippen LogP contribution in [0.25, 0.3) is 0 Å². The van der Waals surface area contributed by atoms with Crippen molar-refractivity contribution in [3.63, 3.8) is 0 Å². The lowest BCUT2D eigenvalue weighted by Gasteiger charge is -1.98. The van der Waals surface area contributed by atoms with Gasteiger partial charge in [0.25, 0.3) is 11.0 Å². The molecule has 0 radical (unpaired) electrons. The summed E-state index contributed by atoms with van der Waals surface area (Å²) in [4.78, 5) is 12.9. The summed E-state index contributed by atoms with van der Waals surface area (Å²) >= 11 is 0.352. The van der Waals surface area contributed by atoms with Crippen LogP contribution in [0.5, 0.6) is 5.19 Å². The van der Waals surface area contributed by atoms with Crippen molar-refractivity contribution in [3.05, 3.63) is 5.82 Å². The Morgan fingerprint density at radius 3 is 2.64 bits per heavy atom. The molecular weight excluding hydrogens is 225 g/mol. The van der Waals surface area contributed by atoms with Crippen LogP contribution in [-0.2, 0) is 11.0 Å². The molecule has 78 valence electrons. The van der Waals surface area contributed by atoms with E-state index in [1.165, 1.54) is 0 Å². The topological polar surface area (TPSA) is 72.3 Å². The summed E-state index contributed by atoms with van der Waals surface area (Å²) in [7, 11) is 0. The molecular formula is C5H3F3N2O3S. The van der Waals surface area contributed by atoms with Gasteiger partial charge in [-0.05, 0) is 0 Å². The van der Waals surface area contributed by atoms with Gasteiger partial charge in [0.2, 0.25) is 0 Å². The normalized spacial score (nSPS) is 11.4. The second kappa shape index (κ2) is 3.78. The molecule has 0 atom stereocenters. The predicted octanol–water partition coefficient (Wildman–Crippen LogP) is 1.02. The molecule has 1 aromatic rings. The molecule has 0 saturated heterocycles. The highest BCUT2D eigenvalue weighted by molar-refractivity contribution is 7.07. The van der Waals surface area contributed by atoms with Crippen molar-refractivity contribution in [2.24, 2.45) is 0 Å². The number of hydrogen-bond donors (Lipinski definition) is 1. The van der Waals surface area contributed by atoms with E-state index in [-0.39, 0.29) is 0 Å². The average molecular weight is 228 g/mol. The number of rotatable bonds is 3. The Labute approximate surface area is 79.3 Å². The Hall–Kier alpha value is -1.38. The monoisotopic (exact) mass is 228 g/mol. The molecule has 0 aliphatic rings. The molecule has 1 N–H and O–H groups in total. The number of ether oxygens (including phenoxy) is 1. The first-order valence-corrected chi connectivity index (χ1v) is 3.92. The lowest BCUT2D eigenvalue weighted by atomic mass is 10.6. The molecule has 0 fully saturated rings. The van der Waals surface area contributed by atoms with Crippen LogP contribution in [0, 0.1) is 0 Å². The molecule has 1 rings (SSSR count). The summed E-state index contributed by atoms with van der Waals surface area (Å²) < 4.78 is 43.1. The Balaban J connectivity index is 2.64. The zero-order valence-corrected chi connectivity index (χ0v) is 7.22. The Morgan fingerprint density at radius 1 is 1.57 bits per heavy atom. The lowest BCUT2D eigenvalue weighted by molar-refractivity contribution is -0.144. The molecule has 0 aliphatic heterocycles. The van der Waals surface area contributed by atoms with E-state index in [4.69, 9.17) is 5.11 Å². The predicted molar refractivity (Wildman–Crippen MR) is 38.0 cm³/mol. The smallest absolute Gasteiger partial charge is 0.452 e. The SMILES string of the molecule is O=C(O)COc1nc(C(F)(F)F)ns1. The van der Waals surface area contributed by atoms with Crippen LogP contribution < -0.4 is 4.74 Å². The van der Waals surface area contributed by atoms with Gasteiger partial charge in [0.15, 0.2) is 6.61 Å². The highest BCUT2D eigenvalue weighted by atomic mass is 32.1. The molecule has 0 aromatic carbocycles. The van der Waals surface area contributed by atoms with E-state index >= 15 is 0 Å². The van der Waals surface area contributed by atoms with E-state index < -0.39 is 29.8 Å². The molecule has 9 heteroatoms. The first kappa shape index (κ1) is 10.7. The van der Waals surface area contributed by atoms with Gasteiger partial charge < -0.3 is 9.84 Å². The fourth-order valence-electron chi connectivity index (χ4n) is 0.507. The van der Waals surface area contributed by atoms with Crippen LogP contribution in [0.4, 0.5) is 13.2 Å². The molecule has 1 heterocycles. The van der Waals surface area contributed by atoms with Crippen LogP contribution in [0.15, 0.2) is 0 Å². The number of aromatic nitrogens is 2. The largest absolute Gasteiger partial charge is 0.479 e. The van der Waals surface area contributed by atoms with E-state index in [1.807, 2.05) is 0 Å². The van der Waals surface area contributed by atoms with E-state index in [1.54, 1.807) is 0 Å². The Kier molecular flexibility index (Phi) is 2.89. The van der Waals surface area contributed by atoms with Gasteiger partial charge in [0.1, 0.15) is 0 Å². The number of carbonyl (C=O) groups is 1. The molecule has 0 saturated carbocycles. The van der Waals surface area contributed by atoms with Gasteiger partial charge in [0.05, 0.1) is 0 Å². The van der Waals surface area contributed by atoms with E-state index in [0.717, 1.165) is 0 Å². The summed E-state index contributed by atoms with van der Waals surface area (Å²) in [5.41, 5.74) is 0. The van der Waals surface area contributed by atoms with Crippen molar-refractivity contribution in [2.45, 2.75) is 6.18 Å². The summed E-state index contributed by atoms with van der Waals surface area (Å²) in [5.74, 6) is -2.63. The highest BCUT2D eigenvalue weighted by Gasteiger charge is 2.36. The molecule has 14 heavy (non-hydrogen) atoms. The maximum Gasteiger partial charge on any atom is 0.452 e. The second-order valence-electron chi connectivity index (χ2n) is 2.06. The van der Waals surface area contributed by atoms with E-state index in [2.05, 4.69) is 14.1 Å². The van der Waals surface area contributed by atoms with Gasteiger partial charge >= 0.3 is 12.1 Å². The first-order valence-electron chi connectivity index (χ1n) is 3.15. The minimum atomic E-state index is -4.64. The van der Waals surface area contributed by atoms with Crippen molar-refractivity contribution in [2.75, 3.05) is 6.61 Å². The quantitative estimate of drug-likeness (QED) is 0.836.